The average Bonchev–Trinajstić information content (AvgIpc) is 3.76. The topological polar surface area (TPSA) is 80.8 Å². The van der Waals surface area contributed by atoms with Gasteiger partial charge in [0.1, 0.15) is 11.5 Å². The van der Waals surface area contributed by atoms with Crippen molar-refractivity contribution >= 4 is 35.5 Å². The van der Waals surface area contributed by atoms with E-state index in [4.69, 9.17) is 16.0 Å². The second-order valence-corrected chi connectivity index (χ2v) is 19.7. The first-order valence-electron chi connectivity index (χ1n) is 21.7. The Balaban J connectivity index is 1.14. The van der Waals surface area contributed by atoms with Crippen molar-refractivity contribution in [3.05, 3.63) is 103 Å². The number of carbonyl (C=O) groups excluding carboxylic acids is 2. The quantitative estimate of drug-likeness (QED) is 0.0593. The molecule has 3 aromatic rings. The predicted molar refractivity (Wildman–Crippen MR) is 225 cm³/mol. The van der Waals surface area contributed by atoms with Crippen molar-refractivity contribution in [3.8, 4) is 17.6 Å². The molecule has 8 heteroatoms. The number of nitriles is 1. The molecule has 2 atom stereocenters. The molecule has 3 aromatic carbocycles. The first-order chi connectivity index (χ1) is 27.9. The predicted octanol–water partition coefficient (Wildman–Crippen LogP) is 13.0. The highest BCUT2D eigenvalue weighted by molar-refractivity contribution is 8.24. The Morgan fingerprint density at radius 2 is 1.16 bits per heavy atom. The van der Waals surface area contributed by atoms with E-state index in [0.717, 1.165) is 62.5 Å². The molecule has 0 amide bonds. The number of ether oxygens (including phenoxy) is 2. The van der Waals surface area contributed by atoms with E-state index in [1.54, 1.807) is 0 Å². The van der Waals surface area contributed by atoms with Crippen LogP contribution in [0.15, 0.2) is 68.3 Å². The van der Waals surface area contributed by atoms with Crippen LogP contribution in [0.3, 0.4) is 0 Å². The van der Waals surface area contributed by atoms with Gasteiger partial charge in [-0.15, -0.1) is 0 Å². The maximum absolute atomic E-state index is 14.5. The van der Waals surface area contributed by atoms with Crippen LogP contribution in [0, 0.1) is 41.6 Å². The standard InChI is InChI=1S/C49H52N2O4S2/c1-4-6-8-14-29-20-24-31(25-21-29)46(52)54-42-38-39(41-34-17-11-13-19-36(34)49(41)35-18-12-10-16-33(35)40(38)49)43(45-44(42)56-48(57-45)37(28-50)51-3)55-47(53)32-26-22-30(23-27-32)15-9-7-5-2/h10-13,16-19,29-32,40-41H,4-9,14-15,20-27H2,1-2H3. The van der Waals surface area contributed by atoms with Crippen molar-refractivity contribution in [1.29, 1.82) is 5.26 Å². The number of nitrogens with zero attached hydrogens (tertiary/aromatic N) is 2. The number of thioether (sulfide) groups is 2. The van der Waals surface area contributed by atoms with Crippen LogP contribution in [-0.4, -0.2) is 11.9 Å². The van der Waals surface area contributed by atoms with E-state index < -0.39 is 0 Å². The van der Waals surface area contributed by atoms with Crippen LogP contribution in [0.5, 0.6) is 11.5 Å². The molecule has 2 unspecified atom stereocenters. The molecule has 1 spiro atoms. The van der Waals surface area contributed by atoms with Gasteiger partial charge in [-0.2, -0.15) is 0 Å². The van der Waals surface area contributed by atoms with Gasteiger partial charge in [-0.1, -0.05) is 137 Å². The number of carbonyl (C=O) groups is 2. The minimum Gasteiger partial charge on any atom is -0.425 e. The zero-order valence-electron chi connectivity index (χ0n) is 33.2. The molecule has 1 heterocycles. The zero-order valence-corrected chi connectivity index (χ0v) is 34.9. The third-order valence-corrected chi connectivity index (χ3v) is 16.9. The summed E-state index contributed by atoms with van der Waals surface area (Å²) in [6.45, 7) is 12.3. The number of allylic oxidation sites excluding steroid dienone is 1. The number of hydrogen-bond acceptors (Lipinski definition) is 7. The summed E-state index contributed by atoms with van der Waals surface area (Å²) in [5.41, 5.74) is 6.52. The van der Waals surface area contributed by atoms with Gasteiger partial charge in [0.15, 0.2) is 0 Å². The molecular formula is C49H52N2O4S2. The monoisotopic (exact) mass is 796 g/mol. The van der Waals surface area contributed by atoms with Gasteiger partial charge in [0.25, 0.3) is 5.70 Å². The summed E-state index contributed by atoms with van der Waals surface area (Å²) >= 11 is 2.65. The van der Waals surface area contributed by atoms with Gasteiger partial charge in [-0.3, -0.25) is 9.59 Å². The third-order valence-electron chi connectivity index (χ3n) is 14.3. The lowest BCUT2D eigenvalue weighted by Gasteiger charge is -2.58. The van der Waals surface area contributed by atoms with E-state index in [-0.39, 0.29) is 46.7 Å². The van der Waals surface area contributed by atoms with Crippen LogP contribution in [0.25, 0.3) is 4.85 Å². The van der Waals surface area contributed by atoms with Crippen LogP contribution in [0.2, 0.25) is 0 Å². The zero-order chi connectivity index (χ0) is 39.3. The maximum atomic E-state index is 14.5. The van der Waals surface area contributed by atoms with Crippen molar-refractivity contribution in [2.75, 3.05) is 0 Å². The molecule has 0 radical (unpaired) electrons. The summed E-state index contributed by atoms with van der Waals surface area (Å²) in [6, 6.07) is 19.4. The van der Waals surface area contributed by atoms with Crippen LogP contribution < -0.4 is 9.47 Å². The van der Waals surface area contributed by atoms with E-state index >= 15 is 0 Å². The SMILES string of the molecule is [C-]#[N+]C(C#N)=C1Sc2c(OC(=O)C3CCC(CCCCC)CC3)c3c(c(OC(=O)C4CCC(CCCCC)CC4)c2S1)C1c2ccccc2C12c1ccccc1C32. The van der Waals surface area contributed by atoms with Crippen molar-refractivity contribution < 1.29 is 19.1 Å². The number of unbranched alkanes of at least 4 members (excludes halogenated alkanes) is 4. The van der Waals surface area contributed by atoms with Gasteiger partial charge in [-0.05, 0) is 85.5 Å². The second-order valence-electron chi connectivity index (χ2n) is 17.4. The Hall–Kier alpha value is -3.98. The molecule has 294 valence electrons. The largest absolute Gasteiger partial charge is 0.425 e. The summed E-state index contributed by atoms with van der Waals surface area (Å²) in [4.78, 5) is 33.9. The second kappa shape index (κ2) is 16.0. The highest BCUT2D eigenvalue weighted by Gasteiger charge is 2.71. The fourth-order valence-corrected chi connectivity index (χ4v) is 14.0. The third kappa shape index (κ3) is 6.27. The Labute approximate surface area is 346 Å². The van der Waals surface area contributed by atoms with Crippen LogP contribution in [0.1, 0.15) is 162 Å². The lowest BCUT2D eigenvalue weighted by molar-refractivity contribution is -0.141. The molecule has 0 saturated heterocycles. The molecule has 0 N–H and O–H groups in total. The average molecular weight is 797 g/mol. The van der Waals surface area contributed by atoms with Gasteiger partial charge in [-0.25, -0.2) is 10.1 Å². The molecule has 0 aromatic heterocycles. The van der Waals surface area contributed by atoms with Gasteiger partial charge in [0.05, 0.1) is 38.5 Å². The minimum atomic E-state index is -0.345. The molecular weight excluding hydrogens is 745 g/mol. The van der Waals surface area contributed by atoms with Crippen LogP contribution >= 0.6 is 23.5 Å². The van der Waals surface area contributed by atoms with E-state index in [1.807, 2.05) is 0 Å². The molecule has 1 aliphatic heterocycles. The van der Waals surface area contributed by atoms with E-state index in [2.05, 4.69) is 73.3 Å². The number of rotatable bonds is 12. The fourth-order valence-electron chi connectivity index (χ4n) is 11.5. The first kappa shape index (κ1) is 38.5. The van der Waals surface area contributed by atoms with Crippen molar-refractivity contribution in [1.82, 2.24) is 0 Å². The molecule has 2 fully saturated rings. The van der Waals surface area contributed by atoms with Gasteiger partial charge >= 0.3 is 11.9 Å². The van der Waals surface area contributed by atoms with E-state index in [0.29, 0.717) is 37.4 Å². The molecule has 57 heavy (non-hydrogen) atoms. The molecule has 6 nitrogen and oxygen atoms in total. The van der Waals surface area contributed by atoms with Gasteiger partial charge in [0.2, 0.25) is 0 Å². The van der Waals surface area contributed by atoms with Crippen LogP contribution in [-0.2, 0) is 15.0 Å². The summed E-state index contributed by atoms with van der Waals surface area (Å²) in [6.07, 6.45) is 17.4. The number of benzene rings is 3. The van der Waals surface area contributed by atoms with Crippen molar-refractivity contribution in [2.24, 2.45) is 23.7 Å². The summed E-state index contributed by atoms with van der Waals surface area (Å²) in [7, 11) is 0. The van der Waals surface area contributed by atoms with Crippen molar-refractivity contribution in [3.63, 3.8) is 0 Å². The lowest BCUT2D eigenvalue weighted by atomic mass is 9.43. The molecule has 9 rings (SSSR count). The normalized spacial score (nSPS) is 27.1. The fraction of sp³-hybridized carbons (Fsp3) is 0.510. The van der Waals surface area contributed by atoms with E-state index in [9.17, 15) is 14.9 Å². The summed E-state index contributed by atoms with van der Waals surface area (Å²) < 4.78 is 14.1. The molecule has 5 aliphatic carbocycles. The molecule has 2 saturated carbocycles. The summed E-state index contributed by atoms with van der Waals surface area (Å²) in [5, 5.41) is 10.1. The number of hydrogen-bond donors (Lipinski definition) is 0. The van der Waals surface area contributed by atoms with Crippen LogP contribution in [0.4, 0.5) is 0 Å². The minimum absolute atomic E-state index is 0.00368. The Morgan fingerprint density at radius 3 is 1.56 bits per heavy atom. The highest BCUT2D eigenvalue weighted by atomic mass is 32.2. The first-order valence-corrected chi connectivity index (χ1v) is 23.3. The number of fused-ring (bicyclic) bond motifs is 8. The molecule has 6 aliphatic rings. The van der Waals surface area contributed by atoms with Crippen molar-refractivity contribution in [2.45, 2.75) is 144 Å². The maximum Gasteiger partial charge on any atom is 0.314 e. The summed E-state index contributed by atoms with van der Waals surface area (Å²) in [5.74, 6) is 1.48. The Kier molecular flexibility index (Phi) is 10.8. The Bertz CT molecular complexity index is 2060. The van der Waals surface area contributed by atoms with Gasteiger partial charge in [0, 0.05) is 28.4 Å². The highest BCUT2D eigenvalue weighted by Crippen LogP contribution is 2.81. The van der Waals surface area contributed by atoms with Gasteiger partial charge < -0.3 is 9.47 Å². The number of esters is 2. The smallest absolute Gasteiger partial charge is 0.314 e. The lowest BCUT2D eigenvalue weighted by Crippen LogP contribution is -2.52. The molecule has 0 bridgehead atoms. The van der Waals surface area contributed by atoms with E-state index in [1.165, 1.54) is 97.1 Å². The Morgan fingerprint density at radius 1 is 0.719 bits per heavy atom.